The fraction of sp³-hybridized carbons (Fsp3) is 0.524. The Morgan fingerprint density at radius 3 is 2.78 bits per heavy atom. The number of nitrogens with zero attached hydrogens (tertiary/aromatic N) is 2. The summed E-state index contributed by atoms with van der Waals surface area (Å²) >= 11 is 0. The van der Waals surface area contributed by atoms with Crippen LogP contribution in [-0.4, -0.2) is 48.1 Å². The van der Waals surface area contributed by atoms with E-state index < -0.39 is 0 Å². The van der Waals surface area contributed by atoms with E-state index in [1.54, 1.807) is 7.11 Å². The molecule has 0 bridgehead atoms. The zero-order valence-electron chi connectivity index (χ0n) is 16.7. The maximum absolute atomic E-state index is 12.4. The molecule has 1 saturated heterocycles. The van der Waals surface area contributed by atoms with Crippen LogP contribution in [0.25, 0.3) is 11.5 Å². The lowest BCUT2D eigenvalue weighted by atomic mass is 10.0. The number of likely N-dealkylation sites (tertiary alicyclic amines) is 1. The van der Waals surface area contributed by atoms with Crippen molar-refractivity contribution in [3.8, 4) is 17.2 Å². The largest absolute Gasteiger partial charge is 0.497 e. The molecule has 1 fully saturated rings. The minimum atomic E-state index is -0.0316. The predicted molar refractivity (Wildman–Crippen MR) is 105 cm³/mol. The fourth-order valence-electron chi connectivity index (χ4n) is 3.44. The summed E-state index contributed by atoms with van der Waals surface area (Å²) in [5, 5.41) is 3.06. The smallest absolute Gasteiger partial charge is 0.226 e. The van der Waals surface area contributed by atoms with Gasteiger partial charge in [0.25, 0.3) is 0 Å². The number of hydrogen-bond acceptors (Lipinski definition) is 5. The number of benzene rings is 1. The van der Waals surface area contributed by atoms with E-state index in [1.807, 2.05) is 31.2 Å². The third kappa shape index (κ3) is 4.69. The standard InChI is InChI=1S/C21H29N3O3/c1-15-18(23-20(27-15)16-8-7-9-17(12-16)26-4)13-19(25)22-14-21(2,3)24-10-5-6-11-24/h7-9,12H,5-6,10-11,13-14H2,1-4H3,(H,22,25). The van der Waals surface area contributed by atoms with Crippen LogP contribution in [0.2, 0.25) is 0 Å². The number of carbonyl (C=O) groups is 1. The van der Waals surface area contributed by atoms with Gasteiger partial charge in [-0.05, 0) is 64.9 Å². The molecule has 2 heterocycles. The topological polar surface area (TPSA) is 67.6 Å². The summed E-state index contributed by atoms with van der Waals surface area (Å²) in [5.74, 6) is 1.89. The Labute approximate surface area is 160 Å². The molecule has 0 saturated carbocycles. The van der Waals surface area contributed by atoms with Crippen molar-refractivity contribution in [3.05, 3.63) is 35.7 Å². The zero-order chi connectivity index (χ0) is 19.4. The quantitative estimate of drug-likeness (QED) is 0.810. The maximum Gasteiger partial charge on any atom is 0.226 e. The summed E-state index contributed by atoms with van der Waals surface area (Å²) in [5.41, 5.74) is 1.47. The SMILES string of the molecule is COc1cccc(-c2nc(CC(=O)NCC(C)(C)N3CCCC3)c(C)o2)c1. The molecule has 1 aromatic heterocycles. The lowest BCUT2D eigenvalue weighted by Gasteiger charge is -2.35. The molecule has 146 valence electrons. The van der Waals surface area contributed by atoms with E-state index in [9.17, 15) is 4.79 Å². The molecule has 27 heavy (non-hydrogen) atoms. The number of hydrogen-bond donors (Lipinski definition) is 1. The van der Waals surface area contributed by atoms with Gasteiger partial charge in [0.1, 0.15) is 11.5 Å². The fourth-order valence-corrected chi connectivity index (χ4v) is 3.44. The van der Waals surface area contributed by atoms with E-state index in [0.29, 0.717) is 23.9 Å². The van der Waals surface area contributed by atoms with Crippen LogP contribution in [-0.2, 0) is 11.2 Å². The summed E-state index contributed by atoms with van der Waals surface area (Å²) in [6.45, 7) is 9.05. The highest BCUT2D eigenvalue weighted by Crippen LogP contribution is 2.25. The zero-order valence-corrected chi connectivity index (χ0v) is 16.7. The molecular weight excluding hydrogens is 342 g/mol. The van der Waals surface area contributed by atoms with Gasteiger partial charge in [-0.15, -0.1) is 0 Å². The van der Waals surface area contributed by atoms with Gasteiger partial charge >= 0.3 is 0 Å². The van der Waals surface area contributed by atoms with Gasteiger partial charge in [0.15, 0.2) is 0 Å². The summed E-state index contributed by atoms with van der Waals surface area (Å²) in [4.78, 5) is 19.4. The van der Waals surface area contributed by atoms with Gasteiger partial charge in [0, 0.05) is 17.6 Å². The number of carbonyl (C=O) groups excluding carboxylic acids is 1. The van der Waals surface area contributed by atoms with Crippen LogP contribution in [0.5, 0.6) is 5.75 Å². The second-order valence-electron chi connectivity index (χ2n) is 7.71. The molecule has 1 aliphatic rings. The van der Waals surface area contributed by atoms with Gasteiger partial charge in [-0.3, -0.25) is 9.69 Å². The lowest BCUT2D eigenvalue weighted by Crippen LogP contribution is -2.50. The van der Waals surface area contributed by atoms with Gasteiger partial charge in [-0.25, -0.2) is 4.98 Å². The molecule has 2 aromatic rings. The van der Waals surface area contributed by atoms with E-state index in [-0.39, 0.29) is 17.9 Å². The second-order valence-corrected chi connectivity index (χ2v) is 7.71. The Morgan fingerprint density at radius 2 is 2.07 bits per heavy atom. The molecule has 0 atom stereocenters. The van der Waals surface area contributed by atoms with Crippen LogP contribution in [0.4, 0.5) is 0 Å². The number of oxazole rings is 1. The third-order valence-corrected chi connectivity index (χ3v) is 5.22. The first-order chi connectivity index (χ1) is 12.9. The first kappa shape index (κ1) is 19.4. The Hall–Kier alpha value is -2.34. The Balaban J connectivity index is 1.62. The molecule has 0 unspecified atom stereocenters. The molecule has 1 aliphatic heterocycles. The van der Waals surface area contributed by atoms with Crippen molar-refractivity contribution in [2.24, 2.45) is 0 Å². The molecule has 3 rings (SSSR count). The molecule has 0 spiro atoms. The van der Waals surface area contributed by atoms with Crippen LogP contribution in [0.1, 0.15) is 38.1 Å². The van der Waals surface area contributed by atoms with E-state index in [4.69, 9.17) is 9.15 Å². The van der Waals surface area contributed by atoms with Crippen molar-refractivity contribution in [2.75, 3.05) is 26.7 Å². The number of methoxy groups -OCH3 is 1. The summed E-state index contributed by atoms with van der Waals surface area (Å²) in [6.07, 6.45) is 2.69. The Morgan fingerprint density at radius 1 is 1.33 bits per heavy atom. The Bertz CT molecular complexity index is 792. The highest BCUT2D eigenvalue weighted by atomic mass is 16.5. The molecule has 1 aromatic carbocycles. The average molecular weight is 371 g/mol. The maximum atomic E-state index is 12.4. The van der Waals surface area contributed by atoms with E-state index in [2.05, 4.69) is 29.0 Å². The molecular formula is C21H29N3O3. The van der Waals surface area contributed by atoms with Crippen LogP contribution >= 0.6 is 0 Å². The van der Waals surface area contributed by atoms with Crippen molar-refractivity contribution in [3.63, 3.8) is 0 Å². The predicted octanol–water partition coefficient (Wildman–Crippen LogP) is 3.19. The average Bonchev–Trinajstić information content (AvgIpc) is 3.31. The van der Waals surface area contributed by atoms with E-state index in [1.165, 1.54) is 12.8 Å². The number of aryl methyl sites for hydroxylation is 1. The monoisotopic (exact) mass is 371 g/mol. The van der Waals surface area contributed by atoms with Crippen molar-refractivity contribution in [2.45, 2.75) is 45.6 Å². The van der Waals surface area contributed by atoms with Gasteiger partial charge in [-0.1, -0.05) is 6.07 Å². The summed E-state index contributed by atoms with van der Waals surface area (Å²) < 4.78 is 11.0. The number of ether oxygens (including phenoxy) is 1. The third-order valence-electron chi connectivity index (χ3n) is 5.22. The molecule has 1 N–H and O–H groups in total. The molecule has 6 nitrogen and oxygen atoms in total. The Kier molecular flexibility index (Phi) is 5.85. The first-order valence-corrected chi connectivity index (χ1v) is 9.51. The van der Waals surface area contributed by atoms with Crippen LogP contribution < -0.4 is 10.1 Å². The highest BCUT2D eigenvalue weighted by molar-refractivity contribution is 5.78. The van der Waals surface area contributed by atoms with E-state index in [0.717, 1.165) is 24.4 Å². The van der Waals surface area contributed by atoms with Crippen molar-refractivity contribution < 1.29 is 13.9 Å². The van der Waals surface area contributed by atoms with Gasteiger partial charge in [-0.2, -0.15) is 0 Å². The van der Waals surface area contributed by atoms with Crippen LogP contribution in [0, 0.1) is 6.92 Å². The van der Waals surface area contributed by atoms with Crippen LogP contribution in [0.3, 0.4) is 0 Å². The van der Waals surface area contributed by atoms with Gasteiger partial charge < -0.3 is 14.5 Å². The van der Waals surface area contributed by atoms with Crippen LogP contribution in [0.15, 0.2) is 28.7 Å². The number of amides is 1. The highest BCUT2D eigenvalue weighted by Gasteiger charge is 2.29. The molecule has 0 radical (unpaired) electrons. The summed E-state index contributed by atoms with van der Waals surface area (Å²) in [7, 11) is 1.62. The lowest BCUT2D eigenvalue weighted by molar-refractivity contribution is -0.121. The second kappa shape index (κ2) is 8.13. The van der Waals surface area contributed by atoms with Gasteiger partial charge in [0.2, 0.25) is 11.8 Å². The first-order valence-electron chi connectivity index (χ1n) is 9.51. The minimum absolute atomic E-state index is 0.0310. The molecule has 0 aliphatic carbocycles. The van der Waals surface area contributed by atoms with Crippen molar-refractivity contribution in [1.82, 2.24) is 15.2 Å². The van der Waals surface area contributed by atoms with E-state index >= 15 is 0 Å². The number of rotatable bonds is 7. The normalized spacial score (nSPS) is 15.1. The van der Waals surface area contributed by atoms with Gasteiger partial charge in [0.05, 0.1) is 19.2 Å². The summed E-state index contributed by atoms with van der Waals surface area (Å²) in [6, 6.07) is 7.54. The van der Waals surface area contributed by atoms with Crippen molar-refractivity contribution in [1.29, 1.82) is 0 Å². The number of aromatic nitrogens is 1. The molecule has 6 heteroatoms. The number of nitrogens with one attached hydrogen (secondary N) is 1. The van der Waals surface area contributed by atoms with Crippen molar-refractivity contribution >= 4 is 5.91 Å². The minimum Gasteiger partial charge on any atom is -0.497 e. The molecule has 1 amide bonds.